The molecule has 2 heterocycles. The average molecular weight is 811 g/mol. The fraction of sp³-hybridized carbons (Fsp3) is 0.650. The molecule has 0 spiro atoms. The molecule has 0 aliphatic carbocycles. The Labute approximate surface area is 331 Å². The van der Waals surface area contributed by atoms with E-state index in [2.05, 4.69) is 13.8 Å². The summed E-state index contributed by atoms with van der Waals surface area (Å²) in [6, 6.07) is 8.10. The van der Waals surface area contributed by atoms with Gasteiger partial charge in [-0.05, 0) is 37.1 Å². The van der Waals surface area contributed by atoms with Gasteiger partial charge in [0.1, 0.15) is 96.2 Å². The number of hydrogen-bond acceptors (Lipinski definition) is 17. The highest BCUT2D eigenvalue weighted by molar-refractivity contribution is 5.93. The standard InChI is InChI=1S/C40H58O17/c1-3-5-7-9-11-17-51-23-13-15-25(27(41)19-23)37(49)53-21-29-31(43)33(45)35(47)39(55-29)57-40-36(48)34(46)32(44)30(56-40)22-54-38(50)26-16-14-24(20-28(26)42)52-18-12-10-8-6-4-2/h13-16,19-20,29-36,39-48H,3-12,17-18,21-22H2,1-2H3/t29?,30?,31-,32+,33?,34?,35?,36?,39-,40-/m1/s1. The van der Waals surface area contributed by atoms with Gasteiger partial charge in [0.15, 0.2) is 12.6 Å². The molecule has 6 unspecified atom stereocenters. The number of aromatic hydroxyl groups is 2. The highest BCUT2D eigenvalue weighted by Crippen LogP contribution is 2.31. The van der Waals surface area contributed by atoms with Crippen LogP contribution < -0.4 is 9.47 Å². The second-order valence-electron chi connectivity index (χ2n) is 14.2. The summed E-state index contributed by atoms with van der Waals surface area (Å²) in [6.45, 7) is 3.75. The summed E-state index contributed by atoms with van der Waals surface area (Å²) in [5, 5.41) is 84.4. The quantitative estimate of drug-likeness (QED) is 0.0627. The van der Waals surface area contributed by atoms with Gasteiger partial charge in [0, 0.05) is 12.1 Å². The van der Waals surface area contributed by atoms with Crippen molar-refractivity contribution in [3.63, 3.8) is 0 Å². The van der Waals surface area contributed by atoms with Crippen LogP contribution in [0.5, 0.6) is 23.0 Å². The maximum absolute atomic E-state index is 12.8. The number of phenols is 2. The number of ether oxygens (including phenoxy) is 7. The number of carbonyl (C=O) groups excluding carboxylic acids is 2. The number of benzene rings is 2. The zero-order valence-corrected chi connectivity index (χ0v) is 32.4. The summed E-state index contributed by atoms with van der Waals surface area (Å²) in [4.78, 5) is 25.6. The van der Waals surface area contributed by atoms with Crippen molar-refractivity contribution < 1.29 is 83.6 Å². The summed E-state index contributed by atoms with van der Waals surface area (Å²) in [5.41, 5.74) is -0.432. The predicted octanol–water partition coefficient (Wildman–Crippen LogP) is 2.44. The van der Waals surface area contributed by atoms with Crippen LogP contribution in [-0.2, 0) is 23.7 Å². The van der Waals surface area contributed by atoms with Gasteiger partial charge in [0.2, 0.25) is 0 Å². The van der Waals surface area contributed by atoms with Crippen LogP contribution in [0.15, 0.2) is 36.4 Å². The second-order valence-corrected chi connectivity index (χ2v) is 14.2. The number of aliphatic hydroxyl groups is 6. The van der Waals surface area contributed by atoms with Gasteiger partial charge in [0.05, 0.1) is 13.2 Å². The van der Waals surface area contributed by atoms with Crippen LogP contribution in [0.4, 0.5) is 0 Å². The first-order chi connectivity index (χ1) is 27.4. The third kappa shape index (κ3) is 13.1. The van der Waals surface area contributed by atoms with E-state index in [1.807, 2.05) is 0 Å². The lowest BCUT2D eigenvalue weighted by atomic mass is 9.98. The molecule has 2 aliphatic heterocycles. The van der Waals surface area contributed by atoms with Gasteiger partial charge in [-0.1, -0.05) is 65.2 Å². The Bertz CT molecular complexity index is 1430. The Kier molecular flexibility index (Phi) is 18.5. The fourth-order valence-electron chi connectivity index (χ4n) is 6.28. The first-order valence-corrected chi connectivity index (χ1v) is 19.7. The van der Waals surface area contributed by atoms with Crippen LogP contribution in [0.2, 0.25) is 0 Å². The van der Waals surface area contributed by atoms with Crippen LogP contribution in [0, 0.1) is 0 Å². The minimum Gasteiger partial charge on any atom is -0.507 e. The minimum atomic E-state index is -1.94. The molecule has 17 nitrogen and oxygen atoms in total. The van der Waals surface area contributed by atoms with Crippen molar-refractivity contribution in [2.75, 3.05) is 26.4 Å². The number of carbonyl (C=O) groups is 2. The topological polar surface area (TPSA) is 261 Å². The Hall–Kier alpha value is -3.78. The van der Waals surface area contributed by atoms with E-state index in [1.54, 1.807) is 0 Å². The number of esters is 2. The van der Waals surface area contributed by atoms with Crippen LogP contribution >= 0.6 is 0 Å². The third-order valence-electron chi connectivity index (χ3n) is 9.77. The summed E-state index contributed by atoms with van der Waals surface area (Å²) >= 11 is 0. The number of unbranched alkanes of at least 4 members (excludes halogenated alkanes) is 8. The van der Waals surface area contributed by atoms with Crippen molar-refractivity contribution in [3.8, 4) is 23.0 Å². The predicted molar refractivity (Wildman–Crippen MR) is 200 cm³/mol. The molecule has 320 valence electrons. The number of rotatable bonds is 22. The zero-order chi connectivity index (χ0) is 41.5. The van der Waals surface area contributed by atoms with E-state index in [-0.39, 0.29) is 11.1 Å². The summed E-state index contributed by atoms with van der Waals surface area (Å²) in [7, 11) is 0. The first-order valence-electron chi connectivity index (χ1n) is 19.7. The molecule has 0 aromatic heterocycles. The Balaban J connectivity index is 1.30. The van der Waals surface area contributed by atoms with Gasteiger partial charge in [-0.25, -0.2) is 9.59 Å². The van der Waals surface area contributed by atoms with Crippen LogP contribution in [0.25, 0.3) is 0 Å². The normalized spacial score (nSPS) is 27.4. The van der Waals surface area contributed by atoms with Gasteiger partial charge in [-0.2, -0.15) is 0 Å². The Morgan fingerprint density at radius 1 is 0.544 bits per heavy atom. The van der Waals surface area contributed by atoms with Crippen molar-refractivity contribution in [2.45, 2.75) is 139 Å². The van der Waals surface area contributed by atoms with E-state index in [4.69, 9.17) is 33.2 Å². The molecule has 10 atom stereocenters. The molecule has 2 aromatic carbocycles. The molecule has 0 radical (unpaired) electrons. The summed E-state index contributed by atoms with van der Waals surface area (Å²) in [6.07, 6.45) is -7.60. The lowest BCUT2D eigenvalue weighted by Gasteiger charge is -2.44. The van der Waals surface area contributed by atoms with Crippen LogP contribution in [0.3, 0.4) is 0 Å². The summed E-state index contributed by atoms with van der Waals surface area (Å²) < 4.78 is 38.4. The lowest BCUT2D eigenvalue weighted by molar-refractivity contribution is -0.376. The molecule has 2 fully saturated rings. The molecule has 2 aliphatic rings. The van der Waals surface area contributed by atoms with Crippen molar-refractivity contribution in [3.05, 3.63) is 47.5 Å². The second kappa shape index (κ2) is 23.0. The largest absolute Gasteiger partial charge is 0.507 e. The SMILES string of the molecule is CCCCCCCOc1ccc(C(=O)OCC2O[C@H](O[C@H]3OC(COC(=O)c4ccc(OCCCCCCC)cc4O)[C@H](O)C(O)C3O)C(O)C(O)[C@@H]2O)c(O)c1. The molecule has 0 saturated carbocycles. The highest BCUT2D eigenvalue weighted by Gasteiger charge is 2.50. The number of aliphatic hydroxyl groups excluding tert-OH is 6. The molecule has 57 heavy (non-hydrogen) atoms. The van der Waals surface area contributed by atoms with Gasteiger partial charge in [0.25, 0.3) is 0 Å². The average Bonchev–Trinajstić information content (AvgIpc) is 3.19. The fourth-order valence-corrected chi connectivity index (χ4v) is 6.28. The molecule has 2 aromatic rings. The maximum Gasteiger partial charge on any atom is 0.342 e. The van der Waals surface area contributed by atoms with Crippen LogP contribution in [0.1, 0.15) is 98.8 Å². The Morgan fingerprint density at radius 3 is 1.30 bits per heavy atom. The van der Waals surface area contributed by atoms with Gasteiger partial charge < -0.3 is 74.0 Å². The maximum atomic E-state index is 12.8. The molecule has 2 saturated heterocycles. The zero-order valence-electron chi connectivity index (χ0n) is 32.4. The lowest BCUT2D eigenvalue weighted by Crippen LogP contribution is -2.64. The molecule has 0 amide bonds. The van der Waals surface area contributed by atoms with Crippen molar-refractivity contribution in [1.82, 2.24) is 0 Å². The molecular weight excluding hydrogens is 752 g/mol. The Morgan fingerprint density at radius 2 is 0.930 bits per heavy atom. The molecule has 0 bridgehead atoms. The van der Waals surface area contributed by atoms with Crippen molar-refractivity contribution in [1.29, 1.82) is 0 Å². The van der Waals surface area contributed by atoms with E-state index in [9.17, 15) is 50.4 Å². The highest BCUT2D eigenvalue weighted by atomic mass is 16.8. The van der Waals surface area contributed by atoms with E-state index >= 15 is 0 Å². The minimum absolute atomic E-state index is 0.216. The molecule has 8 N–H and O–H groups in total. The summed E-state index contributed by atoms with van der Waals surface area (Å²) in [5.74, 6) is -2.13. The van der Waals surface area contributed by atoms with Gasteiger partial charge >= 0.3 is 11.9 Å². The van der Waals surface area contributed by atoms with Gasteiger partial charge in [-0.15, -0.1) is 0 Å². The van der Waals surface area contributed by atoms with E-state index in [1.165, 1.54) is 36.4 Å². The van der Waals surface area contributed by atoms with E-state index < -0.39 is 98.1 Å². The van der Waals surface area contributed by atoms with E-state index in [0.717, 1.165) is 64.2 Å². The number of hydrogen-bond donors (Lipinski definition) is 8. The van der Waals surface area contributed by atoms with Crippen LogP contribution in [-0.4, -0.2) is 141 Å². The molecule has 4 rings (SSSR count). The van der Waals surface area contributed by atoms with E-state index in [0.29, 0.717) is 24.7 Å². The molecular formula is C40H58O17. The number of phenolic OH excluding ortho intramolecular Hbond substituents is 2. The monoisotopic (exact) mass is 810 g/mol. The smallest absolute Gasteiger partial charge is 0.342 e. The molecule has 17 heteroatoms. The van der Waals surface area contributed by atoms with Crippen molar-refractivity contribution in [2.24, 2.45) is 0 Å². The first kappa shape index (κ1) is 45.9. The van der Waals surface area contributed by atoms with Crippen molar-refractivity contribution >= 4 is 11.9 Å². The third-order valence-corrected chi connectivity index (χ3v) is 9.77. The van der Waals surface area contributed by atoms with Gasteiger partial charge in [-0.3, -0.25) is 0 Å².